The number of unbranched alkanes of at least 4 members (excludes halogenated alkanes) is 1. The van der Waals surface area contributed by atoms with Crippen LogP contribution in [0.4, 0.5) is 5.82 Å². The second kappa shape index (κ2) is 10.4. The molecule has 5 nitrogen and oxygen atoms in total. The monoisotopic (exact) mass is 327 g/mol. The van der Waals surface area contributed by atoms with Gasteiger partial charge >= 0.3 is 0 Å². The van der Waals surface area contributed by atoms with Gasteiger partial charge in [-0.3, -0.25) is 4.79 Å². The maximum atomic E-state index is 12.0. The van der Waals surface area contributed by atoms with Gasteiger partial charge < -0.3 is 15.4 Å². The third-order valence-electron chi connectivity index (χ3n) is 3.59. The number of hydrogen-bond donors (Lipinski definition) is 2. The standard InChI is InChI=1S/C19H25N3O2/c1-16(24-15-17-9-3-2-4-10-17)19(23)22-14-8-7-13-21-18-11-5-6-12-20-18/h2-6,9-12,16H,7-8,13-15H2,1H3,(H,20,21)(H,22,23). The zero-order valence-electron chi connectivity index (χ0n) is 14.1. The van der Waals surface area contributed by atoms with Gasteiger partial charge in [0.05, 0.1) is 6.61 Å². The predicted octanol–water partition coefficient (Wildman–Crippen LogP) is 3.00. The van der Waals surface area contributed by atoms with E-state index in [1.807, 2.05) is 48.5 Å². The van der Waals surface area contributed by atoms with Crippen LogP contribution in [0.2, 0.25) is 0 Å². The van der Waals surface area contributed by atoms with Crippen LogP contribution in [0.15, 0.2) is 54.7 Å². The molecule has 0 bridgehead atoms. The molecular formula is C19H25N3O2. The first-order valence-corrected chi connectivity index (χ1v) is 8.34. The van der Waals surface area contributed by atoms with Crippen molar-refractivity contribution in [3.05, 3.63) is 60.3 Å². The molecule has 1 aromatic carbocycles. The molecule has 0 spiro atoms. The van der Waals surface area contributed by atoms with E-state index in [4.69, 9.17) is 4.74 Å². The summed E-state index contributed by atoms with van der Waals surface area (Å²) < 4.78 is 5.59. The number of nitrogens with zero attached hydrogens (tertiary/aromatic N) is 1. The molecule has 0 fully saturated rings. The zero-order chi connectivity index (χ0) is 17.0. The fourth-order valence-electron chi connectivity index (χ4n) is 2.16. The van der Waals surface area contributed by atoms with Crippen molar-refractivity contribution in [2.45, 2.75) is 32.5 Å². The van der Waals surface area contributed by atoms with Gasteiger partial charge in [0.15, 0.2) is 0 Å². The number of anilines is 1. The summed E-state index contributed by atoms with van der Waals surface area (Å²) in [5.41, 5.74) is 1.07. The largest absolute Gasteiger partial charge is 0.370 e. The lowest BCUT2D eigenvalue weighted by molar-refractivity contribution is -0.132. The third-order valence-corrected chi connectivity index (χ3v) is 3.59. The molecule has 2 rings (SSSR count). The summed E-state index contributed by atoms with van der Waals surface area (Å²) in [6, 6.07) is 15.6. The summed E-state index contributed by atoms with van der Waals surface area (Å²) in [6.45, 7) is 3.72. The number of aromatic nitrogens is 1. The van der Waals surface area contributed by atoms with Crippen molar-refractivity contribution in [1.29, 1.82) is 0 Å². The van der Waals surface area contributed by atoms with Gasteiger partial charge in [-0.25, -0.2) is 4.98 Å². The molecule has 2 N–H and O–H groups in total. The molecule has 5 heteroatoms. The fourth-order valence-corrected chi connectivity index (χ4v) is 2.16. The van der Waals surface area contributed by atoms with Gasteiger partial charge in [-0.05, 0) is 37.5 Å². The van der Waals surface area contributed by atoms with Crippen molar-refractivity contribution in [1.82, 2.24) is 10.3 Å². The van der Waals surface area contributed by atoms with Crippen LogP contribution < -0.4 is 10.6 Å². The summed E-state index contributed by atoms with van der Waals surface area (Å²) >= 11 is 0. The second-order valence-electron chi connectivity index (χ2n) is 5.58. The maximum Gasteiger partial charge on any atom is 0.248 e. The van der Waals surface area contributed by atoms with E-state index in [-0.39, 0.29) is 5.91 Å². The summed E-state index contributed by atoms with van der Waals surface area (Å²) in [5.74, 6) is 0.813. The molecule has 1 heterocycles. The van der Waals surface area contributed by atoms with E-state index in [9.17, 15) is 4.79 Å². The van der Waals surface area contributed by atoms with Gasteiger partial charge in [-0.2, -0.15) is 0 Å². The molecule has 0 aliphatic carbocycles. The van der Waals surface area contributed by atoms with Gasteiger partial charge in [-0.15, -0.1) is 0 Å². The van der Waals surface area contributed by atoms with Crippen molar-refractivity contribution >= 4 is 11.7 Å². The van der Waals surface area contributed by atoms with Gasteiger partial charge in [0.25, 0.3) is 0 Å². The average Bonchev–Trinajstić information content (AvgIpc) is 2.64. The quantitative estimate of drug-likeness (QED) is 0.659. The smallest absolute Gasteiger partial charge is 0.248 e. The van der Waals surface area contributed by atoms with Crippen molar-refractivity contribution in [3.8, 4) is 0 Å². The van der Waals surface area contributed by atoms with Crippen LogP contribution in [0.5, 0.6) is 0 Å². The predicted molar refractivity (Wildman–Crippen MR) is 95.7 cm³/mol. The van der Waals surface area contributed by atoms with Crippen LogP contribution in [-0.2, 0) is 16.1 Å². The Kier molecular flexibility index (Phi) is 7.77. The van der Waals surface area contributed by atoms with E-state index < -0.39 is 6.10 Å². The molecule has 128 valence electrons. The molecular weight excluding hydrogens is 302 g/mol. The Labute approximate surface area is 143 Å². The summed E-state index contributed by atoms with van der Waals surface area (Å²) in [5, 5.41) is 6.16. The van der Waals surface area contributed by atoms with Crippen LogP contribution in [0.1, 0.15) is 25.3 Å². The Morgan fingerprint density at radius 1 is 1.08 bits per heavy atom. The SMILES string of the molecule is CC(OCc1ccccc1)C(=O)NCCCCNc1ccccn1. The van der Waals surface area contributed by atoms with Gasteiger partial charge in [-0.1, -0.05) is 36.4 Å². The first kappa shape index (κ1) is 17.9. The lowest BCUT2D eigenvalue weighted by atomic mass is 10.2. The molecule has 24 heavy (non-hydrogen) atoms. The normalized spacial score (nSPS) is 11.7. The van der Waals surface area contributed by atoms with Crippen molar-refractivity contribution in [2.75, 3.05) is 18.4 Å². The Morgan fingerprint density at radius 3 is 2.58 bits per heavy atom. The molecule has 1 unspecified atom stereocenters. The molecule has 0 aliphatic rings. The highest BCUT2D eigenvalue weighted by molar-refractivity contribution is 5.80. The molecule has 1 atom stereocenters. The van der Waals surface area contributed by atoms with Crippen LogP contribution in [-0.4, -0.2) is 30.1 Å². The van der Waals surface area contributed by atoms with E-state index in [1.54, 1.807) is 13.1 Å². The minimum Gasteiger partial charge on any atom is -0.370 e. The number of nitrogens with one attached hydrogen (secondary N) is 2. The number of hydrogen-bond acceptors (Lipinski definition) is 4. The van der Waals surface area contributed by atoms with Crippen molar-refractivity contribution in [3.63, 3.8) is 0 Å². The number of carbonyl (C=O) groups is 1. The van der Waals surface area contributed by atoms with Crippen LogP contribution in [0.3, 0.4) is 0 Å². The van der Waals surface area contributed by atoms with Crippen molar-refractivity contribution < 1.29 is 9.53 Å². The van der Waals surface area contributed by atoms with Crippen LogP contribution >= 0.6 is 0 Å². The number of ether oxygens (including phenoxy) is 1. The minimum atomic E-state index is -0.447. The topological polar surface area (TPSA) is 63.2 Å². The van der Waals surface area contributed by atoms with Gasteiger partial charge in [0.2, 0.25) is 5.91 Å². The molecule has 2 aromatic rings. The molecule has 1 aromatic heterocycles. The fraction of sp³-hybridized carbons (Fsp3) is 0.368. The molecule has 1 amide bonds. The van der Waals surface area contributed by atoms with Gasteiger partial charge in [0.1, 0.15) is 11.9 Å². The van der Waals surface area contributed by atoms with E-state index >= 15 is 0 Å². The average molecular weight is 327 g/mol. The highest BCUT2D eigenvalue weighted by atomic mass is 16.5. The maximum absolute atomic E-state index is 12.0. The Balaban J connectivity index is 1.52. The van der Waals surface area contributed by atoms with E-state index in [1.165, 1.54) is 0 Å². The van der Waals surface area contributed by atoms with E-state index in [2.05, 4.69) is 15.6 Å². The zero-order valence-corrected chi connectivity index (χ0v) is 14.1. The van der Waals surface area contributed by atoms with Crippen LogP contribution in [0, 0.1) is 0 Å². The lowest BCUT2D eigenvalue weighted by Gasteiger charge is -2.13. The molecule has 0 aliphatic heterocycles. The number of benzene rings is 1. The highest BCUT2D eigenvalue weighted by Gasteiger charge is 2.12. The lowest BCUT2D eigenvalue weighted by Crippen LogP contribution is -2.35. The molecule has 0 saturated carbocycles. The third kappa shape index (κ3) is 6.79. The summed E-state index contributed by atoms with van der Waals surface area (Å²) in [6.07, 6.45) is 3.20. The summed E-state index contributed by atoms with van der Waals surface area (Å²) in [4.78, 5) is 16.2. The molecule has 0 radical (unpaired) electrons. The van der Waals surface area contributed by atoms with E-state index in [0.29, 0.717) is 13.2 Å². The van der Waals surface area contributed by atoms with E-state index in [0.717, 1.165) is 30.8 Å². The molecule has 0 saturated heterocycles. The number of carbonyl (C=O) groups excluding carboxylic acids is 1. The Bertz CT molecular complexity index is 590. The number of pyridine rings is 1. The Morgan fingerprint density at radius 2 is 1.83 bits per heavy atom. The summed E-state index contributed by atoms with van der Waals surface area (Å²) in [7, 11) is 0. The highest BCUT2D eigenvalue weighted by Crippen LogP contribution is 2.04. The number of rotatable bonds is 10. The first-order chi connectivity index (χ1) is 11.8. The van der Waals surface area contributed by atoms with Crippen LogP contribution in [0.25, 0.3) is 0 Å². The Hall–Kier alpha value is -2.40. The van der Waals surface area contributed by atoms with Crippen molar-refractivity contribution in [2.24, 2.45) is 0 Å². The first-order valence-electron chi connectivity index (χ1n) is 8.34. The van der Waals surface area contributed by atoms with Gasteiger partial charge in [0, 0.05) is 19.3 Å². The second-order valence-corrected chi connectivity index (χ2v) is 5.58. The minimum absolute atomic E-state index is 0.0661. The number of amides is 1.